The first-order chi connectivity index (χ1) is 8.11. The normalized spacial score (nSPS) is 24.8. The Bertz CT molecular complexity index is 416. The Morgan fingerprint density at radius 1 is 1.65 bits per heavy atom. The van der Waals surface area contributed by atoms with Crippen LogP contribution < -0.4 is 5.73 Å². The topological polar surface area (TPSA) is 90.4 Å². The highest BCUT2D eigenvalue weighted by Crippen LogP contribution is 2.30. The van der Waals surface area contributed by atoms with Crippen molar-refractivity contribution in [3.05, 3.63) is 11.9 Å². The highest BCUT2D eigenvalue weighted by atomic mass is 16.5. The Hall–Kier alpha value is -1.56. The van der Waals surface area contributed by atoms with E-state index in [-0.39, 0.29) is 23.5 Å². The van der Waals surface area contributed by atoms with Gasteiger partial charge in [0.15, 0.2) is 5.69 Å². The van der Waals surface area contributed by atoms with Crippen LogP contribution in [0.1, 0.15) is 42.2 Å². The van der Waals surface area contributed by atoms with Crippen molar-refractivity contribution in [2.24, 2.45) is 0 Å². The number of methoxy groups -OCH3 is 1. The first-order valence-corrected chi connectivity index (χ1v) is 5.72. The number of hydrogen-bond donors (Lipinski definition) is 2. The number of rotatable bonds is 3. The van der Waals surface area contributed by atoms with Crippen molar-refractivity contribution in [1.29, 1.82) is 0 Å². The van der Waals surface area contributed by atoms with Crippen LogP contribution >= 0.6 is 0 Å². The summed E-state index contributed by atoms with van der Waals surface area (Å²) >= 11 is 0. The van der Waals surface area contributed by atoms with Gasteiger partial charge < -0.3 is 15.6 Å². The summed E-state index contributed by atoms with van der Waals surface area (Å²) in [6.45, 7) is 0. The summed E-state index contributed by atoms with van der Waals surface area (Å²) in [5, 5.41) is 12.9. The van der Waals surface area contributed by atoms with Gasteiger partial charge in [-0.1, -0.05) is 0 Å². The van der Waals surface area contributed by atoms with Crippen molar-refractivity contribution in [2.45, 2.75) is 37.8 Å². The Kier molecular flexibility index (Phi) is 3.33. The standard InChI is InChI=1S/C11H17N3O3/c1-17-8-4-2-3-7(5-8)14-6-9(12)10(13-14)11(15)16/h6-8H,2-5,12H2,1H3,(H,15,16). The molecule has 0 bridgehead atoms. The van der Waals surface area contributed by atoms with E-state index in [0.29, 0.717) is 0 Å². The molecule has 1 heterocycles. The van der Waals surface area contributed by atoms with Crippen LogP contribution in [0.5, 0.6) is 0 Å². The lowest BCUT2D eigenvalue weighted by atomic mass is 9.93. The molecule has 2 rings (SSSR count). The average Bonchev–Trinajstić information content (AvgIpc) is 2.71. The summed E-state index contributed by atoms with van der Waals surface area (Å²) in [6, 6.07) is 0.184. The van der Waals surface area contributed by atoms with Crippen LogP contribution in [0.2, 0.25) is 0 Å². The number of nitrogens with zero attached hydrogens (tertiary/aromatic N) is 2. The zero-order valence-corrected chi connectivity index (χ0v) is 9.80. The summed E-state index contributed by atoms with van der Waals surface area (Å²) in [5.41, 5.74) is 5.77. The van der Waals surface area contributed by atoms with Crippen LogP contribution in [0, 0.1) is 0 Å². The lowest BCUT2D eigenvalue weighted by Gasteiger charge is -2.28. The second-order valence-electron chi connectivity index (χ2n) is 4.40. The minimum absolute atomic E-state index is 0.0652. The molecule has 6 nitrogen and oxygen atoms in total. The van der Waals surface area contributed by atoms with Crippen molar-refractivity contribution >= 4 is 11.7 Å². The molecule has 17 heavy (non-hydrogen) atoms. The Morgan fingerprint density at radius 2 is 2.41 bits per heavy atom. The van der Waals surface area contributed by atoms with Gasteiger partial charge in [0, 0.05) is 13.3 Å². The van der Waals surface area contributed by atoms with E-state index in [2.05, 4.69) is 5.10 Å². The summed E-state index contributed by atoms with van der Waals surface area (Å²) in [4.78, 5) is 10.9. The Labute approximate surface area is 99.4 Å². The molecule has 1 aromatic rings. The first-order valence-electron chi connectivity index (χ1n) is 5.72. The quantitative estimate of drug-likeness (QED) is 0.829. The fraction of sp³-hybridized carbons (Fsp3) is 0.636. The summed E-state index contributed by atoms with van der Waals surface area (Å²) in [7, 11) is 1.70. The zero-order valence-electron chi connectivity index (χ0n) is 9.80. The van der Waals surface area contributed by atoms with Crippen molar-refractivity contribution in [3.8, 4) is 0 Å². The second-order valence-corrected chi connectivity index (χ2v) is 4.40. The predicted molar refractivity (Wildman–Crippen MR) is 61.9 cm³/mol. The molecule has 1 aromatic heterocycles. The summed E-state index contributed by atoms with van der Waals surface area (Å²) in [6.07, 6.45) is 5.79. The van der Waals surface area contributed by atoms with Crippen molar-refractivity contribution in [2.75, 3.05) is 12.8 Å². The summed E-state index contributed by atoms with van der Waals surface area (Å²) < 4.78 is 7.01. The maximum atomic E-state index is 10.9. The summed E-state index contributed by atoms with van der Waals surface area (Å²) in [5.74, 6) is -1.08. The van der Waals surface area contributed by atoms with Gasteiger partial charge in [0.1, 0.15) is 0 Å². The van der Waals surface area contributed by atoms with Crippen LogP contribution in [-0.4, -0.2) is 34.1 Å². The van der Waals surface area contributed by atoms with Gasteiger partial charge in [-0.3, -0.25) is 4.68 Å². The fourth-order valence-electron chi connectivity index (χ4n) is 2.33. The van der Waals surface area contributed by atoms with Gasteiger partial charge in [0.2, 0.25) is 0 Å². The lowest BCUT2D eigenvalue weighted by Crippen LogP contribution is -2.24. The van der Waals surface area contributed by atoms with E-state index in [9.17, 15) is 4.79 Å². The molecule has 3 N–H and O–H groups in total. The number of ether oxygens (including phenoxy) is 1. The van der Waals surface area contributed by atoms with E-state index in [1.165, 1.54) is 0 Å². The van der Waals surface area contributed by atoms with Crippen molar-refractivity contribution < 1.29 is 14.6 Å². The molecule has 1 aliphatic carbocycles. The second kappa shape index (κ2) is 4.75. The molecule has 0 amide bonds. The number of nitrogens with two attached hydrogens (primary N) is 1. The maximum Gasteiger partial charge on any atom is 0.358 e. The number of hydrogen-bond acceptors (Lipinski definition) is 4. The van der Waals surface area contributed by atoms with Crippen molar-refractivity contribution in [3.63, 3.8) is 0 Å². The van der Waals surface area contributed by atoms with Crippen LogP contribution in [-0.2, 0) is 4.74 Å². The number of carboxylic acid groups (broad SMARTS) is 1. The molecule has 1 aliphatic rings. The third-order valence-electron chi connectivity index (χ3n) is 3.27. The van der Waals surface area contributed by atoms with Gasteiger partial charge in [-0.15, -0.1) is 0 Å². The highest BCUT2D eigenvalue weighted by Gasteiger charge is 2.25. The Morgan fingerprint density at radius 3 is 3.00 bits per heavy atom. The predicted octanol–water partition coefficient (Wildman–Crippen LogP) is 1.29. The van der Waals surface area contributed by atoms with Gasteiger partial charge in [-0.25, -0.2) is 4.79 Å². The molecular formula is C11H17N3O3. The number of nitrogen functional groups attached to an aromatic ring is 1. The zero-order chi connectivity index (χ0) is 12.4. The largest absolute Gasteiger partial charge is 0.476 e. The minimum atomic E-state index is -1.08. The SMILES string of the molecule is COC1CCCC(n2cc(N)c(C(=O)O)n2)C1. The molecule has 0 saturated heterocycles. The molecule has 2 atom stereocenters. The number of carbonyl (C=O) groups is 1. The molecule has 2 unspecified atom stereocenters. The molecule has 0 radical (unpaired) electrons. The van der Waals surface area contributed by atoms with Crippen LogP contribution in [0.25, 0.3) is 0 Å². The molecule has 0 spiro atoms. The molecule has 94 valence electrons. The minimum Gasteiger partial charge on any atom is -0.476 e. The molecule has 1 fully saturated rings. The first kappa shape index (κ1) is 11.9. The Balaban J connectivity index is 2.16. The smallest absolute Gasteiger partial charge is 0.358 e. The number of aromatic carboxylic acids is 1. The molecule has 0 aliphatic heterocycles. The van der Waals surface area contributed by atoms with E-state index in [4.69, 9.17) is 15.6 Å². The molecule has 0 aromatic carbocycles. The lowest BCUT2D eigenvalue weighted by molar-refractivity contribution is 0.0505. The van der Waals surface area contributed by atoms with Gasteiger partial charge in [-0.05, 0) is 25.7 Å². The van der Waals surface area contributed by atoms with E-state index in [1.54, 1.807) is 18.0 Å². The molecular weight excluding hydrogens is 222 g/mol. The third-order valence-corrected chi connectivity index (χ3v) is 3.27. The van der Waals surface area contributed by atoms with Gasteiger partial charge >= 0.3 is 5.97 Å². The van der Waals surface area contributed by atoms with Crippen molar-refractivity contribution in [1.82, 2.24) is 9.78 Å². The average molecular weight is 239 g/mol. The van der Waals surface area contributed by atoms with Crippen LogP contribution in [0.4, 0.5) is 5.69 Å². The number of carboxylic acids is 1. The fourth-order valence-corrected chi connectivity index (χ4v) is 2.33. The monoisotopic (exact) mass is 239 g/mol. The van der Waals surface area contributed by atoms with E-state index >= 15 is 0 Å². The van der Waals surface area contributed by atoms with Gasteiger partial charge in [-0.2, -0.15) is 5.10 Å². The van der Waals surface area contributed by atoms with Gasteiger partial charge in [0.05, 0.1) is 17.8 Å². The van der Waals surface area contributed by atoms with E-state index in [0.717, 1.165) is 25.7 Å². The number of aromatic nitrogens is 2. The van der Waals surface area contributed by atoms with Crippen LogP contribution in [0.15, 0.2) is 6.20 Å². The number of anilines is 1. The van der Waals surface area contributed by atoms with Gasteiger partial charge in [0.25, 0.3) is 0 Å². The molecule has 6 heteroatoms. The van der Waals surface area contributed by atoms with E-state index in [1.807, 2.05) is 0 Å². The third kappa shape index (κ3) is 2.41. The molecule has 1 saturated carbocycles. The van der Waals surface area contributed by atoms with Crippen LogP contribution in [0.3, 0.4) is 0 Å². The maximum absolute atomic E-state index is 10.9. The highest BCUT2D eigenvalue weighted by molar-refractivity contribution is 5.91. The van der Waals surface area contributed by atoms with E-state index < -0.39 is 5.97 Å².